The van der Waals surface area contributed by atoms with Gasteiger partial charge < -0.3 is 9.80 Å². The van der Waals surface area contributed by atoms with Crippen LogP contribution < -0.4 is 4.72 Å². The summed E-state index contributed by atoms with van der Waals surface area (Å²) in [6.45, 7) is 4.84. The summed E-state index contributed by atoms with van der Waals surface area (Å²) in [5, 5.41) is 0.817. The van der Waals surface area contributed by atoms with Crippen LogP contribution >= 0.6 is 0 Å². The molecule has 0 bridgehead atoms. The Labute approximate surface area is 233 Å². The van der Waals surface area contributed by atoms with Crippen LogP contribution in [0.25, 0.3) is 10.9 Å². The molecule has 1 aliphatic heterocycles. The number of rotatable bonds is 6. The van der Waals surface area contributed by atoms with Gasteiger partial charge in [0.1, 0.15) is 11.6 Å². The lowest BCUT2D eigenvalue weighted by Crippen LogP contribution is -2.54. The molecule has 0 radical (unpaired) electrons. The first kappa shape index (κ1) is 27.4. The van der Waals surface area contributed by atoms with Gasteiger partial charge in [0.15, 0.2) is 11.0 Å². The summed E-state index contributed by atoms with van der Waals surface area (Å²) < 4.78 is 44.0. The molecule has 3 aromatic carbocycles. The fourth-order valence-corrected chi connectivity index (χ4v) is 5.82. The van der Waals surface area contributed by atoms with Crippen LogP contribution in [-0.4, -0.2) is 57.0 Å². The maximum atomic E-state index is 15.0. The van der Waals surface area contributed by atoms with Crippen LogP contribution in [-0.2, 0) is 21.2 Å². The second-order valence-corrected chi connectivity index (χ2v) is 11.3. The van der Waals surface area contributed by atoms with Gasteiger partial charge in [0.05, 0.1) is 21.5 Å². The smallest absolute Gasteiger partial charge is 0.254 e. The molecule has 40 heavy (non-hydrogen) atoms. The summed E-state index contributed by atoms with van der Waals surface area (Å²) in [6, 6.07) is 18.8. The van der Waals surface area contributed by atoms with Gasteiger partial charge in [-0.3, -0.25) is 19.3 Å². The van der Waals surface area contributed by atoms with Gasteiger partial charge in [0, 0.05) is 43.3 Å². The Balaban J connectivity index is 1.22. The van der Waals surface area contributed by atoms with Gasteiger partial charge in [-0.15, -0.1) is 0 Å². The zero-order valence-corrected chi connectivity index (χ0v) is 22.9. The molecule has 0 saturated carbocycles. The Morgan fingerprint density at radius 3 is 2.27 bits per heavy atom. The van der Waals surface area contributed by atoms with Gasteiger partial charge in [-0.2, -0.15) is 0 Å². The number of carbonyl (C=O) groups is 2. The summed E-state index contributed by atoms with van der Waals surface area (Å²) in [5.41, 5.74) is 0.572. The number of piperazine rings is 1. The second kappa shape index (κ2) is 11.1. The zero-order chi connectivity index (χ0) is 28.4. The Morgan fingerprint density at radius 2 is 1.57 bits per heavy atom. The van der Waals surface area contributed by atoms with E-state index in [4.69, 9.17) is 0 Å². The number of pyridine rings is 1. The number of nitrogens with one attached hydrogen (secondary N) is 1. The van der Waals surface area contributed by atoms with Crippen molar-refractivity contribution in [2.75, 3.05) is 30.9 Å². The summed E-state index contributed by atoms with van der Waals surface area (Å²) in [6.07, 6.45) is 1.60. The van der Waals surface area contributed by atoms with Gasteiger partial charge in [0.25, 0.3) is 5.91 Å². The Hall–Kier alpha value is -4.18. The number of halogens is 2. The Morgan fingerprint density at radius 1 is 0.900 bits per heavy atom. The third kappa shape index (κ3) is 5.44. The molecule has 2 amide bonds. The number of benzene rings is 3. The lowest BCUT2D eigenvalue weighted by atomic mass is 9.83. The standard InChI is InChI=1S/C30H28F2N4O3S/c1-30(2,22-9-11-23(31)12-10-22)29(38)36-17-15-35(16-18-36)28(37)21-8-13-25(24(32)19-21)34-40(39)26-7-3-5-20-6-4-14-33-27(20)26/h3-14,19,34H,15-18H2,1-2H3. The van der Waals surface area contributed by atoms with E-state index >= 15 is 0 Å². The number of carbonyl (C=O) groups excluding carboxylic acids is 2. The van der Waals surface area contributed by atoms with E-state index in [1.165, 1.54) is 24.3 Å². The minimum Gasteiger partial charge on any atom is -0.338 e. The minimum atomic E-state index is -1.78. The third-order valence-corrected chi connectivity index (χ3v) is 8.30. The Bertz CT molecular complexity index is 1600. The highest BCUT2D eigenvalue weighted by Gasteiger charge is 2.36. The van der Waals surface area contributed by atoms with Gasteiger partial charge in [0.2, 0.25) is 5.91 Å². The van der Waals surface area contributed by atoms with Crippen molar-refractivity contribution < 1.29 is 22.6 Å². The van der Waals surface area contributed by atoms with E-state index in [2.05, 4.69) is 9.71 Å². The van der Waals surface area contributed by atoms with Crippen LogP contribution in [0.4, 0.5) is 14.5 Å². The lowest BCUT2D eigenvalue weighted by Gasteiger charge is -2.38. The van der Waals surface area contributed by atoms with Crippen molar-refractivity contribution in [3.05, 3.63) is 102 Å². The van der Waals surface area contributed by atoms with Gasteiger partial charge in [-0.25, -0.2) is 13.0 Å². The number of anilines is 1. The molecule has 1 saturated heterocycles. The monoisotopic (exact) mass is 562 g/mol. The third-order valence-electron chi connectivity index (χ3n) is 7.17. The molecule has 0 spiro atoms. The highest BCUT2D eigenvalue weighted by atomic mass is 32.2. The van der Waals surface area contributed by atoms with E-state index in [0.717, 1.165) is 11.5 Å². The van der Waals surface area contributed by atoms with Crippen LogP contribution in [0.3, 0.4) is 0 Å². The summed E-state index contributed by atoms with van der Waals surface area (Å²) in [5.74, 6) is -1.53. The number of hydrogen-bond donors (Lipinski definition) is 1. The molecule has 1 unspecified atom stereocenters. The lowest BCUT2D eigenvalue weighted by molar-refractivity contribution is -0.137. The number of amides is 2. The summed E-state index contributed by atoms with van der Waals surface area (Å²) in [4.78, 5) is 34.3. The molecule has 2 heterocycles. The number of hydrogen-bond acceptors (Lipinski definition) is 4. The first-order valence-electron chi connectivity index (χ1n) is 12.8. The molecule has 4 aromatic rings. The first-order valence-corrected chi connectivity index (χ1v) is 14.0. The van der Waals surface area contributed by atoms with E-state index in [9.17, 15) is 22.6 Å². The molecule has 1 atom stereocenters. The minimum absolute atomic E-state index is 0.00116. The van der Waals surface area contributed by atoms with E-state index in [1.807, 2.05) is 12.1 Å². The summed E-state index contributed by atoms with van der Waals surface area (Å²) >= 11 is 0. The zero-order valence-electron chi connectivity index (χ0n) is 22.1. The molecule has 0 aliphatic carbocycles. The maximum Gasteiger partial charge on any atom is 0.254 e. The normalized spacial score (nSPS) is 14.7. The molecule has 1 aliphatic rings. The van der Waals surface area contributed by atoms with Crippen molar-refractivity contribution in [2.45, 2.75) is 24.2 Å². The van der Waals surface area contributed by atoms with Gasteiger partial charge in [-0.1, -0.05) is 30.3 Å². The van der Waals surface area contributed by atoms with E-state index in [0.29, 0.717) is 42.2 Å². The predicted octanol–water partition coefficient (Wildman–Crippen LogP) is 4.91. The highest BCUT2D eigenvalue weighted by Crippen LogP contribution is 2.27. The van der Waals surface area contributed by atoms with Crippen molar-refractivity contribution in [3.8, 4) is 0 Å². The quantitative estimate of drug-likeness (QED) is 0.362. The molecular weight excluding hydrogens is 534 g/mol. The van der Waals surface area contributed by atoms with Crippen LogP contribution in [0.1, 0.15) is 29.8 Å². The maximum absolute atomic E-state index is 15.0. The highest BCUT2D eigenvalue weighted by molar-refractivity contribution is 7.86. The average molecular weight is 563 g/mol. The molecule has 1 fully saturated rings. The average Bonchev–Trinajstić information content (AvgIpc) is 2.97. The molecule has 5 rings (SSSR count). The molecular formula is C30H28F2N4O3S. The number of para-hydroxylation sites is 1. The van der Waals surface area contributed by atoms with Crippen molar-refractivity contribution in [2.24, 2.45) is 0 Å². The SMILES string of the molecule is CC(C)(C(=O)N1CCN(C(=O)c2ccc(NS(=O)c3cccc4cccnc34)c(F)c2)CC1)c1ccc(F)cc1. The van der Waals surface area contributed by atoms with Crippen LogP contribution in [0.2, 0.25) is 0 Å². The fourth-order valence-electron chi connectivity index (χ4n) is 4.79. The van der Waals surface area contributed by atoms with E-state index in [1.54, 1.807) is 60.2 Å². The van der Waals surface area contributed by atoms with Crippen LogP contribution in [0.5, 0.6) is 0 Å². The van der Waals surface area contributed by atoms with Crippen molar-refractivity contribution >= 4 is 39.4 Å². The number of fused-ring (bicyclic) bond motifs is 1. The predicted molar refractivity (Wildman–Crippen MR) is 150 cm³/mol. The molecule has 206 valence electrons. The molecule has 1 N–H and O–H groups in total. The largest absolute Gasteiger partial charge is 0.338 e. The van der Waals surface area contributed by atoms with Crippen LogP contribution in [0, 0.1) is 11.6 Å². The second-order valence-electron chi connectivity index (χ2n) is 10.1. The first-order chi connectivity index (χ1) is 19.1. The topological polar surface area (TPSA) is 82.6 Å². The van der Waals surface area contributed by atoms with Crippen molar-refractivity contribution in [1.29, 1.82) is 0 Å². The fraction of sp³-hybridized carbons (Fsp3) is 0.233. The van der Waals surface area contributed by atoms with Gasteiger partial charge >= 0.3 is 0 Å². The van der Waals surface area contributed by atoms with Crippen molar-refractivity contribution in [1.82, 2.24) is 14.8 Å². The molecule has 10 heteroatoms. The van der Waals surface area contributed by atoms with Gasteiger partial charge in [-0.05, 0) is 61.9 Å². The van der Waals surface area contributed by atoms with E-state index < -0.39 is 22.2 Å². The Kier molecular flexibility index (Phi) is 7.62. The number of aromatic nitrogens is 1. The molecule has 1 aromatic heterocycles. The van der Waals surface area contributed by atoms with Crippen LogP contribution in [0.15, 0.2) is 83.9 Å². The van der Waals surface area contributed by atoms with Crippen molar-refractivity contribution in [3.63, 3.8) is 0 Å². The van der Waals surface area contributed by atoms with E-state index in [-0.39, 0.29) is 28.9 Å². The number of nitrogens with zero attached hydrogens (tertiary/aromatic N) is 3. The molecule has 7 nitrogen and oxygen atoms in total. The summed E-state index contributed by atoms with van der Waals surface area (Å²) in [7, 11) is -1.78.